The van der Waals surface area contributed by atoms with Crippen molar-refractivity contribution in [1.29, 1.82) is 0 Å². The molecule has 2 heteroatoms. The van der Waals surface area contributed by atoms with E-state index in [0.29, 0.717) is 6.04 Å². The number of hydrogen-bond donors (Lipinski definition) is 0. The van der Waals surface area contributed by atoms with Gasteiger partial charge in [0.2, 0.25) is 0 Å². The van der Waals surface area contributed by atoms with Crippen molar-refractivity contribution in [2.45, 2.75) is 59.9 Å². The molecule has 0 spiro atoms. The van der Waals surface area contributed by atoms with Crippen LogP contribution >= 0.6 is 0 Å². The molecule has 0 bridgehead atoms. The van der Waals surface area contributed by atoms with Crippen molar-refractivity contribution in [3.05, 3.63) is 0 Å². The van der Waals surface area contributed by atoms with Crippen LogP contribution in [-0.2, 0) is 0 Å². The maximum Gasteiger partial charge on any atom is 0.00388 e. The Balaban J connectivity index is 1.84. The lowest BCUT2D eigenvalue weighted by Gasteiger charge is -2.45. The quantitative estimate of drug-likeness (QED) is 0.774. The fourth-order valence-electron chi connectivity index (χ4n) is 4.30. The first-order chi connectivity index (χ1) is 9.51. The van der Waals surface area contributed by atoms with Crippen LogP contribution in [0.2, 0.25) is 0 Å². The second-order valence-electron chi connectivity index (χ2n) is 7.82. The monoisotopic (exact) mass is 280 g/mol. The normalized spacial score (nSPS) is 34.8. The first kappa shape index (κ1) is 16.3. The predicted molar refractivity (Wildman–Crippen MR) is 88.0 cm³/mol. The van der Waals surface area contributed by atoms with Crippen LogP contribution in [0.5, 0.6) is 0 Å². The summed E-state index contributed by atoms with van der Waals surface area (Å²) in [4.78, 5) is 5.43. The fourth-order valence-corrected chi connectivity index (χ4v) is 4.30. The summed E-state index contributed by atoms with van der Waals surface area (Å²) >= 11 is 0. The number of likely N-dealkylation sites (tertiary alicyclic amines) is 2. The maximum absolute atomic E-state index is 2.76. The predicted octanol–water partition coefficient (Wildman–Crippen LogP) is 3.72. The van der Waals surface area contributed by atoms with Gasteiger partial charge in [0, 0.05) is 25.7 Å². The van der Waals surface area contributed by atoms with Gasteiger partial charge in [-0.05, 0) is 63.5 Å². The molecule has 2 heterocycles. The average Bonchev–Trinajstić information content (AvgIpc) is 2.43. The van der Waals surface area contributed by atoms with Gasteiger partial charge in [-0.3, -0.25) is 0 Å². The lowest BCUT2D eigenvalue weighted by Crippen LogP contribution is -2.51. The summed E-state index contributed by atoms with van der Waals surface area (Å²) in [6, 6.07) is 0.709. The van der Waals surface area contributed by atoms with E-state index < -0.39 is 0 Å². The number of rotatable bonds is 4. The van der Waals surface area contributed by atoms with Gasteiger partial charge in [-0.1, -0.05) is 27.2 Å². The average molecular weight is 281 g/mol. The molecule has 20 heavy (non-hydrogen) atoms. The zero-order valence-electron chi connectivity index (χ0n) is 14.4. The Morgan fingerprint density at radius 1 is 1.00 bits per heavy atom. The molecule has 2 aliphatic rings. The van der Waals surface area contributed by atoms with E-state index in [-0.39, 0.29) is 0 Å². The largest absolute Gasteiger partial charge is 0.303 e. The maximum atomic E-state index is 2.76. The summed E-state index contributed by atoms with van der Waals surface area (Å²) < 4.78 is 0. The van der Waals surface area contributed by atoms with Gasteiger partial charge in [0.25, 0.3) is 0 Å². The van der Waals surface area contributed by atoms with E-state index in [9.17, 15) is 0 Å². The molecule has 2 rings (SSSR count). The van der Waals surface area contributed by atoms with E-state index in [1.54, 1.807) is 0 Å². The molecule has 2 aliphatic heterocycles. The highest BCUT2D eigenvalue weighted by molar-refractivity contribution is 4.86. The van der Waals surface area contributed by atoms with Crippen molar-refractivity contribution in [2.75, 3.05) is 32.7 Å². The van der Waals surface area contributed by atoms with Crippen LogP contribution in [0, 0.1) is 23.7 Å². The standard InChI is InChI=1S/C18H36N2/c1-6-17-7-9-19(10-8-17)13-18-15(4)11-20(14(2)3)12-16(18)5/h14-18H,6-13H2,1-5H3/t15-,16+,18?. The van der Waals surface area contributed by atoms with Crippen LogP contribution in [0.15, 0.2) is 0 Å². The molecule has 0 aromatic heterocycles. The lowest BCUT2D eigenvalue weighted by atomic mass is 9.78. The molecule has 2 fully saturated rings. The Kier molecular flexibility index (Phi) is 5.92. The summed E-state index contributed by atoms with van der Waals surface area (Å²) in [5, 5.41) is 0. The molecule has 1 unspecified atom stereocenters. The fraction of sp³-hybridized carbons (Fsp3) is 1.00. The third-order valence-corrected chi connectivity index (χ3v) is 5.99. The van der Waals surface area contributed by atoms with Crippen molar-refractivity contribution >= 4 is 0 Å². The lowest BCUT2D eigenvalue weighted by molar-refractivity contribution is 0.0287. The number of nitrogens with zero attached hydrogens (tertiary/aromatic N) is 2. The van der Waals surface area contributed by atoms with Gasteiger partial charge in [-0.15, -0.1) is 0 Å². The van der Waals surface area contributed by atoms with E-state index >= 15 is 0 Å². The van der Waals surface area contributed by atoms with Gasteiger partial charge < -0.3 is 9.80 Å². The molecule has 0 radical (unpaired) electrons. The minimum absolute atomic E-state index is 0.709. The minimum atomic E-state index is 0.709. The highest BCUT2D eigenvalue weighted by Crippen LogP contribution is 2.31. The van der Waals surface area contributed by atoms with Gasteiger partial charge in [0.1, 0.15) is 0 Å². The SMILES string of the molecule is CCC1CCN(CC2[C@H](C)CN(C(C)C)C[C@@H]2C)CC1. The molecule has 2 saturated heterocycles. The van der Waals surface area contributed by atoms with Crippen molar-refractivity contribution < 1.29 is 0 Å². The third-order valence-electron chi connectivity index (χ3n) is 5.99. The van der Waals surface area contributed by atoms with E-state index in [2.05, 4.69) is 44.4 Å². The van der Waals surface area contributed by atoms with Gasteiger partial charge in [0.15, 0.2) is 0 Å². The molecule has 0 aliphatic carbocycles. The molecule has 0 aromatic rings. The summed E-state index contributed by atoms with van der Waals surface area (Å²) in [5.74, 6) is 3.61. The number of piperidine rings is 2. The van der Waals surface area contributed by atoms with Crippen LogP contribution in [0.4, 0.5) is 0 Å². The zero-order chi connectivity index (χ0) is 14.7. The summed E-state index contributed by atoms with van der Waals surface area (Å²) in [5.41, 5.74) is 0. The Bertz CT molecular complexity index is 269. The minimum Gasteiger partial charge on any atom is -0.303 e. The Labute approximate surface area is 126 Å². The highest BCUT2D eigenvalue weighted by atomic mass is 15.2. The molecule has 0 saturated carbocycles. The Morgan fingerprint density at radius 2 is 1.55 bits per heavy atom. The molecule has 2 nitrogen and oxygen atoms in total. The summed E-state index contributed by atoms with van der Waals surface area (Å²) in [7, 11) is 0. The van der Waals surface area contributed by atoms with Crippen LogP contribution < -0.4 is 0 Å². The van der Waals surface area contributed by atoms with Gasteiger partial charge in [0.05, 0.1) is 0 Å². The second kappa shape index (κ2) is 7.26. The van der Waals surface area contributed by atoms with Gasteiger partial charge >= 0.3 is 0 Å². The molecule has 0 aromatic carbocycles. The molecule has 0 N–H and O–H groups in total. The van der Waals surface area contributed by atoms with Gasteiger partial charge in [-0.25, -0.2) is 0 Å². The molecular weight excluding hydrogens is 244 g/mol. The van der Waals surface area contributed by atoms with Crippen LogP contribution in [0.25, 0.3) is 0 Å². The van der Waals surface area contributed by atoms with E-state index in [1.807, 2.05) is 0 Å². The van der Waals surface area contributed by atoms with Crippen molar-refractivity contribution in [3.63, 3.8) is 0 Å². The molecule has 3 atom stereocenters. The summed E-state index contributed by atoms with van der Waals surface area (Å²) in [6.07, 6.45) is 4.25. The molecule has 0 amide bonds. The molecular formula is C18H36N2. The van der Waals surface area contributed by atoms with E-state index in [4.69, 9.17) is 0 Å². The zero-order valence-corrected chi connectivity index (χ0v) is 14.4. The smallest absolute Gasteiger partial charge is 0.00388 e. The van der Waals surface area contributed by atoms with Crippen molar-refractivity contribution in [3.8, 4) is 0 Å². The molecule has 118 valence electrons. The van der Waals surface area contributed by atoms with E-state index in [1.165, 1.54) is 52.0 Å². The van der Waals surface area contributed by atoms with Crippen molar-refractivity contribution in [2.24, 2.45) is 23.7 Å². The van der Waals surface area contributed by atoms with Crippen LogP contribution in [-0.4, -0.2) is 48.6 Å². The summed E-state index contributed by atoms with van der Waals surface area (Å²) in [6.45, 7) is 18.7. The first-order valence-electron chi connectivity index (χ1n) is 8.97. The topological polar surface area (TPSA) is 6.48 Å². The van der Waals surface area contributed by atoms with Crippen LogP contribution in [0.3, 0.4) is 0 Å². The van der Waals surface area contributed by atoms with Gasteiger partial charge in [-0.2, -0.15) is 0 Å². The first-order valence-corrected chi connectivity index (χ1v) is 8.97. The van der Waals surface area contributed by atoms with Crippen molar-refractivity contribution in [1.82, 2.24) is 9.80 Å². The third kappa shape index (κ3) is 3.98. The second-order valence-corrected chi connectivity index (χ2v) is 7.82. The number of hydrogen-bond acceptors (Lipinski definition) is 2. The Hall–Kier alpha value is -0.0800. The van der Waals surface area contributed by atoms with Crippen LogP contribution in [0.1, 0.15) is 53.9 Å². The highest BCUT2D eigenvalue weighted by Gasteiger charge is 2.34. The van der Waals surface area contributed by atoms with E-state index in [0.717, 1.165) is 23.7 Å². The Morgan fingerprint density at radius 3 is 2.00 bits per heavy atom.